The summed E-state index contributed by atoms with van der Waals surface area (Å²) >= 11 is 1.96. The van der Waals surface area contributed by atoms with Gasteiger partial charge in [-0.15, -0.1) is 11.8 Å². The first-order valence-electron chi connectivity index (χ1n) is 6.68. The quantitative estimate of drug-likeness (QED) is 0.574. The Bertz CT molecular complexity index is 337. The Hall–Kier alpha value is -0.510. The van der Waals surface area contributed by atoms with Crippen LogP contribution in [-0.2, 0) is 6.54 Å². The lowest BCUT2D eigenvalue weighted by molar-refractivity contribution is 0.410. The van der Waals surface area contributed by atoms with Gasteiger partial charge in [-0.05, 0) is 50.5 Å². The molecule has 0 aliphatic carbocycles. The van der Waals surface area contributed by atoms with E-state index in [0.29, 0.717) is 6.04 Å². The van der Waals surface area contributed by atoms with Crippen LogP contribution >= 0.6 is 11.8 Å². The van der Waals surface area contributed by atoms with Crippen molar-refractivity contribution in [3.8, 4) is 0 Å². The van der Waals surface area contributed by atoms with Crippen LogP contribution in [0.4, 0.5) is 0 Å². The van der Waals surface area contributed by atoms with Crippen molar-refractivity contribution in [3.05, 3.63) is 29.8 Å². The third kappa shape index (κ3) is 7.04. The van der Waals surface area contributed by atoms with Crippen LogP contribution in [0.25, 0.3) is 0 Å². The maximum atomic E-state index is 3.46. The maximum absolute atomic E-state index is 3.46. The van der Waals surface area contributed by atoms with Crippen molar-refractivity contribution < 1.29 is 0 Å². The molecule has 0 atom stereocenters. The van der Waals surface area contributed by atoms with Gasteiger partial charge in [0.15, 0.2) is 0 Å². The number of rotatable bonds is 8. The summed E-state index contributed by atoms with van der Waals surface area (Å²) in [5.41, 5.74) is 1.38. The minimum atomic E-state index is 0.543. The number of hydrogen-bond donors (Lipinski definition) is 1. The van der Waals surface area contributed by atoms with Gasteiger partial charge in [-0.1, -0.05) is 26.0 Å². The molecule has 1 aromatic rings. The number of benzene rings is 1. The van der Waals surface area contributed by atoms with Crippen LogP contribution in [0.15, 0.2) is 29.2 Å². The maximum Gasteiger partial charge on any atom is 0.0208 e. The van der Waals surface area contributed by atoms with Crippen LogP contribution < -0.4 is 5.32 Å². The van der Waals surface area contributed by atoms with E-state index in [1.54, 1.807) is 0 Å². The van der Waals surface area contributed by atoms with Gasteiger partial charge in [-0.25, -0.2) is 0 Å². The van der Waals surface area contributed by atoms with E-state index in [-0.39, 0.29) is 0 Å². The molecule has 0 aliphatic rings. The van der Waals surface area contributed by atoms with E-state index in [1.807, 2.05) is 11.8 Å². The zero-order valence-corrected chi connectivity index (χ0v) is 12.9. The Morgan fingerprint density at radius 1 is 1.28 bits per heavy atom. The molecule has 0 aromatic heterocycles. The third-order valence-electron chi connectivity index (χ3n) is 2.63. The number of thioether (sulfide) groups is 1. The molecular formula is C15H26N2S. The standard InChI is InChI=1S/C15H26N2S/c1-13(2)16-12-14-7-5-8-15(11-14)18-10-6-9-17(3)4/h5,7-8,11,13,16H,6,9-10,12H2,1-4H3. The molecule has 0 amide bonds. The smallest absolute Gasteiger partial charge is 0.0208 e. The van der Waals surface area contributed by atoms with Gasteiger partial charge in [0, 0.05) is 17.5 Å². The molecule has 1 aromatic carbocycles. The first kappa shape index (κ1) is 15.5. The second-order valence-corrected chi connectivity index (χ2v) is 6.36. The van der Waals surface area contributed by atoms with Crippen molar-refractivity contribution in [1.29, 1.82) is 0 Å². The lowest BCUT2D eigenvalue weighted by atomic mass is 10.2. The van der Waals surface area contributed by atoms with Crippen molar-refractivity contribution in [2.45, 2.75) is 37.8 Å². The molecule has 0 bridgehead atoms. The number of nitrogens with zero attached hydrogens (tertiary/aromatic N) is 1. The summed E-state index contributed by atoms with van der Waals surface area (Å²) in [5, 5.41) is 3.46. The molecule has 0 heterocycles. The first-order valence-corrected chi connectivity index (χ1v) is 7.66. The van der Waals surface area contributed by atoms with Gasteiger partial charge in [-0.2, -0.15) is 0 Å². The highest BCUT2D eigenvalue weighted by Gasteiger charge is 1.99. The molecule has 2 nitrogen and oxygen atoms in total. The van der Waals surface area contributed by atoms with Gasteiger partial charge < -0.3 is 10.2 Å². The Morgan fingerprint density at radius 2 is 2.06 bits per heavy atom. The molecule has 0 spiro atoms. The SMILES string of the molecule is CC(C)NCc1cccc(SCCCN(C)C)c1. The molecule has 0 unspecified atom stereocenters. The van der Waals surface area contributed by atoms with Crippen LogP contribution in [0.1, 0.15) is 25.8 Å². The van der Waals surface area contributed by atoms with Crippen molar-refractivity contribution in [3.63, 3.8) is 0 Å². The lowest BCUT2D eigenvalue weighted by Gasteiger charge is -2.10. The Balaban J connectivity index is 2.34. The third-order valence-corrected chi connectivity index (χ3v) is 3.71. The summed E-state index contributed by atoms with van der Waals surface area (Å²) in [6.45, 7) is 6.49. The highest BCUT2D eigenvalue weighted by molar-refractivity contribution is 7.99. The van der Waals surface area contributed by atoms with Crippen LogP contribution in [0.5, 0.6) is 0 Å². The Kier molecular flexibility index (Phi) is 7.40. The normalized spacial score (nSPS) is 11.4. The molecule has 1 rings (SSSR count). The molecule has 0 radical (unpaired) electrons. The second kappa shape index (κ2) is 8.57. The van der Waals surface area contributed by atoms with Gasteiger partial charge in [-0.3, -0.25) is 0 Å². The lowest BCUT2D eigenvalue weighted by Crippen LogP contribution is -2.21. The number of hydrogen-bond acceptors (Lipinski definition) is 3. The largest absolute Gasteiger partial charge is 0.310 e. The molecule has 3 heteroatoms. The fourth-order valence-electron chi connectivity index (χ4n) is 1.64. The fraction of sp³-hybridized carbons (Fsp3) is 0.600. The molecule has 0 aliphatic heterocycles. The molecule has 1 N–H and O–H groups in total. The highest BCUT2D eigenvalue weighted by Crippen LogP contribution is 2.20. The van der Waals surface area contributed by atoms with E-state index >= 15 is 0 Å². The summed E-state index contributed by atoms with van der Waals surface area (Å²) in [6.07, 6.45) is 1.24. The predicted molar refractivity (Wildman–Crippen MR) is 82.3 cm³/mol. The average molecular weight is 266 g/mol. The van der Waals surface area contributed by atoms with E-state index in [2.05, 4.69) is 62.4 Å². The van der Waals surface area contributed by atoms with Crippen molar-refractivity contribution in [2.75, 3.05) is 26.4 Å². The molecule has 0 saturated heterocycles. The molecule has 102 valence electrons. The Labute approximate surface area is 116 Å². The minimum Gasteiger partial charge on any atom is -0.310 e. The fourth-order valence-corrected chi connectivity index (χ4v) is 2.56. The minimum absolute atomic E-state index is 0.543. The zero-order chi connectivity index (χ0) is 13.4. The van der Waals surface area contributed by atoms with Gasteiger partial charge in [0.2, 0.25) is 0 Å². The summed E-state index contributed by atoms with van der Waals surface area (Å²) in [5.74, 6) is 1.19. The van der Waals surface area contributed by atoms with Crippen LogP contribution in [0, 0.1) is 0 Å². The van der Waals surface area contributed by atoms with Gasteiger partial charge in [0.25, 0.3) is 0 Å². The van der Waals surface area contributed by atoms with Gasteiger partial charge in [0.05, 0.1) is 0 Å². The summed E-state index contributed by atoms with van der Waals surface area (Å²) < 4.78 is 0. The molecule has 0 fully saturated rings. The van der Waals surface area contributed by atoms with Crippen LogP contribution in [0.2, 0.25) is 0 Å². The van der Waals surface area contributed by atoms with E-state index in [1.165, 1.54) is 29.2 Å². The monoisotopic (exact) mass is 266 g/mol. The Morgan fingerprint density at radius 3 is 2.72 bits per heavy atom. The summed E-state index contributed by atoms with van der Waals surface area (Å²) in [7, 11) is 4.26. The zero-order valence-electron chi connectivity index (χ0n) is 12.1. The predicted octanol–water partition coefficient (Wildman–Crippen LogP) is 3.23. The van der Waals surface area contributed by atoms with E-state index < -0.39 is 0 Å². The van der Waals surface area contributed by atoms with E-state index in [0.717, 1.165) is 6.54 Å². The van der Waals surface area contributed by atoms with Gasteiger partial charge >= 0.3 is 0 Å². The van der Waals surface area contributed by atoms with Crippen LogP contribution in [0.3, 0.4) is 0 Å². The highest BCUT2D eigenvalue weighted by atomic mass is 32.2. The summed E-state index contributed by atoms with van der Waals surface area (Å²) in [6, 6.07) is 9.40. The van der Waals surface area contributed by atoms with Crippen molar-refractivity contribution in [1.82, 2.24) is 10.2 Å². The van der Waals surface area contributed by atoms with Gasteiger partial charge in [0.1, 0.15) is 0 Å². The topological polar surface area (TPSA) is 15.3 Å². The second-order valence-electron chi connectivity index (χ2n) is 5.19. The average Bonchev–Trinajstić information content (AvgIpc) is 2.32. The first-order chi connectivity index (χ1) is 8.58. The molecular weight excluding hydrogens is 240 g/mol. The van der Waals surface area contributed by atoms with Crippen molar-refractivity contribution >= 4 is 11.8 Å². The summed E-state index contributed by atoms with van der Waals surface area (Å²) in [4.78, 5) is 3.63. The molecule has 18 heavy (non-hydrogen) atoms. The van der Waals surface area contributed by atoms with Crippen LogP contribution in [-0.4, -0.2) is 37.3 Å². The van der Waals surface area contributed by atoms with Crippen molar-refractivity contribution in [2.24, 2.45) is 0 Å². The molecule has 0 saturated carbocycles. The van der Waals surface area contributed by atoms with E-state index in [9.17, 15) is 0 Å². The van der Waals surface area contributed by atoms with E-state index in [4.69, 9.17) is 0 Å². The number of nitrogens with one attached hydrogen (secondary N) is 1.